The summed E-state index contributed by atoms with van der Waals surface area (Å²) in [6, 6.07) is 18.7. The van der Waals surface area contributed by atoms with Gasteiger partial charge in [-0.15, -0.1) is 0 Å². The molecule has 1 amide bonds. The molecule has 1 saturated heterocycles. The van der Waals surface area contributed by atoms with Crippen molar-refractivity contribution >= 4 is 16.9 Å². The zero-order valence-corrected chi connectivity index (χ0v) is 17.2. The first-order valence-corrected chi connectivity index (χ1v) is 10.3. The highest BCUT2D eigenvalue weighted by Crippen LogP contribution is 2.33. The minimum absolute atomic E-state index is 0.0849. The fourth-order valence-electron chi connectivity index (χ4n) is 4.02. The Hall–Kier alpha value is -3.74. The molecule has 1 atom stereocenters. The van der Waals surface area contributed by atoms with Crippen molar-refractivity contribution in [2.24, 2.45) is 0 Å². The molecular weight excluding hydrogens is 394 g/mol. The molecule has 0 aliphatic carbocycles. The molecule has 4 aromatic rings. The van der Waals surface area contributed by atoms with Crippen molar-refractivity contribution in [1.82, 2.24) is 14.9 Å². The minimum Gasteiger partial charge on any atom is -0.493 e. The van der Waals surface area contributed by atoms with Crippen molar-refractivity contribution in [2.75, 3.05) is 13.7 Å². The van der Waals surface area contributed by atoms with Crippen molar-refractivity contribution in [2.45, 2.75) is 25.5 Å². The summed E-state index contributed by atoms with van der Waals surface area (Å²) in [5.74, 6) is 2.84. The standard InChI is InChI=1S/C24H23N3O4/c1-29-20-10-4-5-11-21(20)30-15-16-12-13-22(31-16)24(28)27-14-6-9-19(27)23-25-17-7-2-3-8-18(17)26-23/h2-5,7-8,10-13,19H,6,9,14-15H2,1H3,(H,25,26). The van der Waals surface area contributed by atoms with E-state index in [0.29, 0.717) is 29.6 Å². The molecule has 31 heavy (non-hydrogen) atoms. The number of hydrogen-bond acceptors (Lipinski definition) is 5. The second kappa shape index (κ2) is 8.18. The van der Waals surface area contributed by atoms with E-state index in [1.807, 2.05) is 53.4 Å². The number of para-hydroxylation sites is 4. The molecule has 158 valence electrons. The average Bonchev–Trinajstić information content (AvgIpc) is 3.56. The highest BCUT2D eigenvalue weighted by Gasteiger charge is 2.34. The molecule has 2 aromatic heterocycles. The Kier molecular flexibility index (Phi) is 5.08. The Bertz CT molecular complexity index is 1180. The SMILES string of the molecule is COc1ccccc1OCc1ccc(C(=O)N2CCCC2c2nc3ccccc3[nH]2)o1. The highest BCUT2D eigenvalue weighted by molar-refractivity contribution is 5.92. The molecule has 7 heteroatoms. The zero-order valence-electron chi connectivity index (χ0n) is 17.2. The van der Waals surface area contributed by atoms with Gasteiger partial charge in [-0.05, 0) is 49.2 Å². The summed E-state index contributed by atoms with van der Waals surface area (Å²) in [7, 11) is 1.60. The molecule has 1 N–H and O–H groups in total. The summed E-state index contributed by atoms with van der Waals surface area (Å²) >= 11 is 0. The third kappa shape index (κ3) is 3.74. The monoisotopic (exact) mass is 417 g/mol. The number of amides is 1. The number of furan rings is 1. The first kappa shape index (κ1) is 19.2. The summed E-state index contributed by atoms with van der Waals surface area (Å²) in [5.41, 5.74) is 1.89. The van der Waals surface area contributed by atoms with E-state index < -0.39 is 0 Å². The summed E-state index contributed by atoms with van der Waals surface area (Å²) in [6.07, 6.45) is 1.80. The minimum atomic E-state index is -0.133. The Balaban J connectivity index is 1.30. The summed E-state index contributed by atoms with van der Waals surface area (Å²) < 4.78 is 16.9. The molecule has 7 nitrogen and oxygen atoms in total. The first-order chi connectivity index (χ1) is 15.2. The van der Waals surface area contributed by atoms with Gasteiger partial charge in [-0.3, -0.25) is 4.79 Å². The van der Waals surface area contributed by atoms with E-state index >= 15 is 0 Å². The number of methoxy groups -OCH3 is 1. The van der Waals surface area contributed by atoms with Crippen LogP contribution in [0.1, 0.15) is 41.0 Å². The zero-order chi connectivity index (χ0) is 21.2. The number of benzene rings is 2. The van der Waals surface area contributed by atoms with Crippen molar-refractivity contribution in [3.63, 3.8) is 0 Å². The van der Waals surface area contributed by atoms with E-state index in [0.717, 1.165) is 29.7 Å². The van der Waals surface area contributed by atoms with Crippen molar-refractivity contribution in [1.29, 1.82) is 0 Å². The number of imidazole rings is 1. The second-order valence-electron chi connectivity index (χ2n) is 7.50. The molecule has 1 unspecified atom stereocenters. The van der Waals surface area contributed by atoms with Gasteiger partial charge in [0.1, 0.15) is 18.2 Å². The highest BCUT2D eigenvalue weighted by atomic mass is 16.5. The molecular formula is C24H23N3O4. The number of H-pyrrole nitrogens is 1. The normalized spacial score (nSPS) is 16.0. The van der Waals surface area contributed by atoms with Crippen molar-refractivity contribution < 1.29 is 18.7 Å². The van der Waals surface area contributed by atoms with Crippen LogP contribution in [0.4, 0.5) is 0 Å². The Labute approximate surface area is 179 Å². The summed E-state index contributed by atoms with van der Waals surface area (Å²) in [6.45, 7) is 0.884. The molecule has 1 aliphatic heterocycles. The predicted octanol–water partition coefficient (Wildman–Crippen LogP) is 4.72. The van der Waals surface area contributed by atoms with E-state index in [2.05, 4.69) is 4.98 Å². The molecule has 5 rings (SSSR count). The van der Waals surface area contributed by atoms with Gasteiger partial charge in [-0.2, -0.15) is 0 Å². The van der Waals surface area contributed by atoms with Crippen LogP contribution < -0.4 is 9.47 Å². The molecule has 3 heterocycles. The maximum Gasteiger partial charge on any atom is 0.290 e. The van der Waals surface area contributed by atoms with Crippen molar-refractivity contribution in [3.05, 3.63) is 78.0 Å². The fourth-order valence-corrected chi connectivity index (χ4v) is 4.02. The van der Waals surface area contributed by atoms with Gasteiger partial charge >= 0.3 is 0 Å². The maximum absolute atomic E-state index is 13.2. The lowest BCUT2D eigenvalue weighted by Crippen LogP contribution is -2.30. The fraction of sp³-hybridized carbons (Fsp3) is 0.250. The Morgan fingerprint density at radius 3 is 2.77 bits per heavy atom. The number of aromatic nitrogens is 2. The average molecular weight is 417 g/mol. The van der Waals surface area contributed by atoms with E-state index in [1.165, 1.54) is 0 Å². The third-order valence-corrected chi connectivity index (χ3v) is 5.55. The lowest BCUT2D eigenvalue weighted by atomic mass is 10.2. The van der Waals surface area contributed by atoms with Crippen molar-refractivity contribution in [3.8, 4) is 11.5 Å². The van der Waals surface area contributed by atoms with E-state index in [9.17, 15) is 4.79 Å². The number of rotatable bonds is 6. The molecule has 0 spiro atoms. The maximum atomic E-state index is 13.2. The molecule has 1 fully saturated rings. The van der Waals surface area contributed by atoms with E-state index in [4.69, 9.17) is 18.9 Å². The number of fused-ring (bicyclic) bond motifs is 1. The second-order valence-corrected chi connectivity index (χ2v) is 7.50. The first-order valence-electron chi connectivity index (χ1n) is 10.3. The summed E-state index contributed by atoms with van der Waals surface area (Å²) in [4.78, 5) is 23.1. The van der Waals surface area contributed by atoms with Gasteiger partial charge in [-0.25, -0.2) is 4.98 Å². The van der Waals surface area contributed by atoms with Gasteiger partial charge < -0.3 is 23.8 Å². The Morgan fingerprint density at radius 2 is 1.94 bits per heavy atom. The number of likely N-dealkylation sites (tertiary alicyclic amines) is 1. The van der Waals surface area contributed by atoms with Crippen LogP contribution in [0, 0.1) is 0 Å². The molecule has 0 saturated carbocycles. The van der Waals surface area contributed by atoms with Gasteiger partial charge in [0, 0.05) is 6.54 Å². The molecule has 2 aromatic carbocycles. The van der Waals surface area contributed by atoms with Crippen LogP contribution in [-0.2, 0) is 6.61 Å². The van der Waals surface area contributed by atoms with Gasteiger partial charge in [0.05, 0.1) is 24.2 Å². The number of aromatic amines is 1. The smallest absolute Gasteiger partial charge is 0.290 e. The molecule has 1 aliphatic rings. The van der Waals surface area contributed by atoms with Crippen LogP contribution in [0.5, 0.6) is 11.5 Å². The number of hydrogen-bond donors (Lipinski definition) is 1. The lowest BCUT2D eigenvalue weighted by Gasteiger charge is -2.22. The largest absolute Gasteiger partial charge is 0.493 e. The van der Waals surface area contributed by atoms with Gasteiger partial charge in [0.15, 0.2) is 17.3 Å². The number of nitrogens with zero attached hydrogens (tertiary/aromatic N) is 2. The number of nitrogens with one attached hydrogen (secondary N) is 1. The van der Waals surface area contributed by atoms with Crippen LogP contribution in [0.25, 0.3) is 11.0 Å². The quantitative estimate of drug-likeness (QED) is 0.491. The van der Waals surface area contributed by atoms with Crippen LogP contribution in [-0.4, -0.2) is 34.4 Å². The number of carbonyl (C=O) groups is 1. The number of ether oxygens (including phenoxy) is 2. The van der Waals surface area contributed by atoms with Crippen LogP contribution in [0.2, 0.25) is 0 Å². The van der Waals surface area contributed by atoms with Gasteiger partial charge in [0.25, 0.3) is 5.91 Å². The lowest BCUT2D eigenvalue weighted by molar-refractivity contribution is 0.0694. The predicted molar refractivity (Wildman–Crippen MR) is 115 cm³/mol. The van der Waals surface area contributed by atoms with Gasteiger partial charge in [0.2, 0.25) is 0 Å². The van der Waals surface area contributed by atoms with Crippen LogP contribution in [0.3, 0.4) is 0 Å². The third-order valence-electron chi connectivity index (χ3n) is 5.55. The van der Waals surface area contributed by atoms with Crippen LogP contribution in [0.15, 0.2) is 65.1 Å². The molecule has 0 bridgehead atoms. The topological polar surface area (TPSA) is 80.6 Å². The van der Waals surface area contributed by atoms with E-state index in [-0.39, 0.29) is 18.6 Å². The Morgan fingerprint density at radius 1 is 1.13 bits per heavy atom. The molecule has 0 radical (unpaired) electrons. The van der Waals surface area contributed by atoms with Crippen LogP contribution >= 0.6 is 0 Å². The summed E-state index contributed by atoms with van der Waals surface area (Å²) in [5, 5.41) is 0. The van der Waals surface area contributed by atoms with E-state index in [1.54, 1.807) is 19.2 Å². The van der Waals surface area contributed by atoms with Gasteiger partial charge in [-0.1, -0.05) is 24.3 Å². The number of carbonyl (C=O) groups excluding carboxylic acids is 1.